The van der Waals surface area contributed by atoms with E-state index < -0.39 is 0 Å². The number of allylic oxidation sites excluding steroid dienone is 1. The quantitative estimate of drug-likeness (QED) is 0.714. The number of benzene rings is 1. The second-order valence-corrected chi connectivity index (χ2v) is 6.51. The summed E-state index contributed by atoms with van der Waals surface area (Å²) in [5, 5.41) is 6.07. The van der Waals surface area contributed by atoms with Gasteiger partial charge in [-0.25, -0.2) is 0 Å². The SMILES string of the molecule is O=C1NC(=O)[C@H]2C3Nc4ccccc4C3=C3CCC[C@H]3[C@@H]12. The van der Waals surface area contributed by atoms with Gasteiger partial charge in [-0.1, -0.05) is 23.8 Å². The molecule has 2 aliphatic heterocycles. The largest absolute Gasteiger partial charge is 0.377 e. The Morgan fingerprint density at radius 3 is 2.76 bits per heavy atom. The molecular weight excluding hydrogens is 264 g/mol. The number of amides is 2. The summed E-state index contributed by atoms with van der Waals surface area (Å²) in [6.07, 6.45) is 3.23. The predicted octanol–water partition coefficient (Wildman–Crippen LogP) is 1.94. The number of rotatable bonds is 0. The second-order valence-electron chi connectivity index (χ2n) is 6.51. The fourth-order valence-corrected chi connectivity index (χ4v) is 4.90. The van der Waals surface area contributed by atoms with Gasteiger partial charge in [-0.15, -0.1) is 0 Å². The number of fused-ring (bicyclic) bond motifs is 7. The molecule has 4 atom stereocenters. The summed E-state index contributed by atoms with van der Waals surface area (Å²) < 4.78 is 0. The first-order valence-corrected chi connectivity index (χ1v) is 7.69. The number of anilines is 1. The summed E-state index contributed by atoms with van der Waals surface area (Å²) in [4.78, 5) is 24.5. The molecule has 5 rings (SSSR count). The van der Waals surface area contributed by atoms with E-state index in [9.17, 15) is 9.59 Å². The molecule has 2 amide bonds. The molecule has 2 N–H and O–H groups in total. The molecule has 2 aliphatic carbocycles. The lowest BCUT2D eigenvalue weighted by atomic mass is 9.68. The monoisotopic (exact) mass is 280 g/mol. The fourth-order valence-electron chi connectivity index (χ4n) is 4.90. The van der Waals surface area contributed by atoms with Crippen molar-refractivity contribution >= 4 is 23.1 Å². The summed E-state index contributed by atoms with van der Waals surface area (Å²) in [7, 11) is 0. The van der Waals surface area contributed by atoms with E-state index in [0.717, 1.165) is 24.9 Å². The van der Waals surface area contributed by atoms with Crippen LogP contribution in [0.15, 0.2) is 29.8 Å². The number of hydrogen-bond acceptors (Lipinski definition) is 3. The van der Waals surface area contributed by atoms with Crippen molar-refractivity contribution in [2.45, 2.75) is 25.3 Å². The van der Waals surface area contributed by atoms with Gasteiger partial charge in [-0.3, -0.25) is 14.9 Å². The number of para-hydroxylation sites is 1. The van der Waals surface area contributed by atoms with Gasteiger partial charge in [0, 0.05) is 11.3 Å². The van der Waals surface area contributed by atoms with Crippen molar-refractivity contribution in [2.24, 2.45) is 17.8 Å². The van der Waals surface area contributed by atoms with E-state index in [1.54, 1.807) is 0 Å². The topological polar surface area (TPSA) is 58.2 Å². The van der Waals surface area contributed by atoms with Crippen LogP contribution in [0.25, 0.3) is 5.57 Å². The molecule has 4 nitrogen and oxygen atoms in total. The average Bonchev–Trinajstić information content (AvgIpc) is 3.14. The highest BCUT2D eigenvalue weighted by atomic mass is 16.2. The fraction of sp³-hybridized carbons (Fsp3) is 0.412. The lowest BCUT2D eigenvalue weighted by Gasteiger charge is -2.35. The first-order chi connectivity index (χ1) is 10.3. The molecule has 4 heteroatoms. The van der Waals surface area contributed by atoms with Gasteiger partial charge >= 0.3 is 0 Å². The standard InChI is InChI=1S/C17H16N2O2/c20-16-13-9-6-3-5-8(9)12-10-4-1-2-7-11(10)18-15(12)14(13)17(21)19-16/h1-2,4,7,9,13-15,18H,3,5-6H2,(H,19,20,21)/t9-,13-,14-,15?/m1/s1. The van der Waals surface area contributed by atoms with Gasteiger partial charge in [0.15, 0.2) is 0 Å². The molecule has 1 saturated carbocycles. The van der Waals surface area contributed by atoms with Gasteiger partial charge < -0.3 is 5.32 Å². The van der Waals surface area contributed by atoms with Gasteiger partial charge in [0.1, 0.15) is 0 Å². The van der Waals surface area contributed by atoms with Crippen molar-refractivity contribution in [2.75, 3.05) is 5.32 Å². The normalized spacial score (nSPS) is 35.8. The zero-order valence-electron chi connectivity index (χ0n) is 11.6. The van der Waals surface area contributed by atoms with Crippen LogP contribution >= 0.6 is 0 Å². The molecule has 1 aromatic carbocycles. The molecule has 1 unspecified atom stereocenters. The molecule has 1 aromatic rings. The van der Waals surface area contributed by atoms with E-state index in [1.807, 2.05) is 12.1 Å². The van der Waals surface area contributed by atoms with Crippen LogP contribution in [-0.4, -0.2) is 17.9 Å². The Kier molecular flexibility index (Phi) is 2.06. The third-order valence-corrected chi connectivity index (χ3v) is 5.63. The van der Waals surface area contributed by atoms with Gasteiger partial charge in [0.05, 0.1) is 17.9 Å². The van der Waals surface area contributed by atoms with Crippen LogP contribution in [0.3, 0.4) is 0 Å². The Balaban J connectivity index is 1.76. The van der Waals surface area contributed by atoms with E-state index in [0.29, 0.717) is 0 Å². The van der Waals surface area contributed by atoms with E-state index in [2.05, 4.69) is 22.8 Å². The highest BCUT2D eigenvalue weighted by Crippen LogP contribution is 2.55. The van der Waals surface area contributed by atoms with Crippen molar-refractivity contribution in [3.8, 4) is 0 Å². The van der Waals surface area contributed by atoms with Crippen molar-refractivity contribution in [1.29, 1.82) is 0 Å². The molecule has 2 fully saturated rings. The summed E-state index contributed by atoms with van der Waals surface area (Å²) in [5.41, 5.74) is 5.06. The maximum absolute atomic E-state index is 12.3. The molecule has 0 spiro atoms. The van der Waals surface area contributed by atoms with Gasteiger partial charge in [0.25, 0.3) is 0 Å². The maximum atomic E-state index is 12.3. The molecule has 0 aromatic heterocycles. The number of carbonyl (C=O) groups excluding carboxylic acids is 2. The number of nitrogens with one attached hydrogen (secondary N) is 2. The Bertz CT molecular complexity index is 721. The first kappa shape index (κ1) is 11.5. The average molecular weight is 280 g/mol. The number of hydrogen-bond donors (Lipinski definition) is 2. The molecule has 4 aliphatic rings. The van der Waals surface area contributed by atoms with Crippen LogP contribution in [0, 0.1) is 17.8 Å². The molecule has 2 heterocycles. The van der Waals surface area contributed by atoms with Crippen molar-refractivity contribution in [3.05, 3.63) is 35.4 Å². The predicted molar refractivity (Wildman–Crippen MR) is 78.2 cm³/mol. The second kappa shape index (κ2) is 3.75. The molecule has 106 valence electrons. The molecule has 0 radical (unpaired) electrons. The van der Waals surface area contributed by atoms with Crippen molar-refractivity contribution < 1.29 is 9.59 Å². The van der Waals surface area contributed by atoms with Gasteiger partial charge in [-0.05, 0) is 36.8 Å². The van der Waals surface area contributed by atoms with Crippen LogP contribution in [0.5, 0.6) is 0 Å². The summed E-state index contributed by atoms with van der Waals surface area (Å²) in [6, 6.07) is 8.23. The molecule has 1 saturated heterocycles. The molecule has 21 heavy (non-hydrogen) atoms. The lowest BCUT2D eigenvalue weighted by Crippen LogP contribution is -2.41. The Morgan fingerprint density at radius 1 is 1.05 bits per heavy atom. The van der Waals surface area contributed by atoms with E-state index >= 15 is 0 Å². The van der Waals surface area contributed by atoms with Crippen LogP contribution < -0.4 is 10.6 Å². The zero-order chi connectivity index (χ0) is 14.1. The highest BCUT2D eigenvalue weighted by molar-refractivity contribution is 6.09. The number of carbonyl (C=O) groups is 2. The minimum Gasteiger partial charge on any atom is -0.377 e. The Morgan fingerprint density at radius 2 is 1.86 bits per heavy atom. The van der Waals surface area contributed by atoms with Crippen molar-refractivity contribution in [3.63, 3.8) is 0 Å². The first-order valence-electron chi connectivity index (χ1n) is 7.69. The summed E-state index contributed by atoms with van der Waals surface area (Å²) >= 11 is 0. The minimum atomic E-state index is -0.244. The highest BCUT2D eigenvalue weighted by Gasteiger charge is 2.57. The van der Waals surface area contributed by atoms with Crippen LogP contribution in [0.2, 0.25) is 0 Å². The Hall–Kier alpha value is -2.10. The minimum absolute atomic E-state index is 0.0248. The third-order valence-electron chi connectivity index (χ3n) is 5.63. The third kappa shape index (κ3) is 1.30. The maximum Gasteiger partial charge on any atom is 0.232 e. The van der Waals surface area contributed by atoms with Crippen molar-refractivity contribution in [1.82, 2.24) is 5.32 Å². The van der Waals surface area contributed by atoms with E-state index in [1.165, 1.54) is 16.7 Å². The van der Waals surface area contributed by atoms with E-state index in [4.69, 9.17) is 0 Å². The van der Waals surface area contributed by atoms with Gasteiger partial charge in [-0.2, -0.15) is 0 Å². The number of imide groups is 1. The lowest BCUT2D eigenvalue weighted by molar-refractivity contribution is -0.126. The summed E-state index contributed by atoms with van der Waals surface area (Å²) in [5.74, 6) is -0.303. The van der Waals surface area contributed by atoms with E-state index in [-0.39, 0.29) is 35.6 Å². The van der Waals surface area contributed by atoms with Crippen LogP contribution in [0.1, 0.15) is 24.8 Å². The van der Waals surface area contributed by atoms with Gasteiger partial charge in [0.2, 0.25) is 11.8 Å². The molecular formula is C17H16N2O2. The van der Waals surface area contributed by atoms with Crippen LogP contribution in [-0.2, 0) is 9.59 Å². The molecule has 0 bridgehead atoms. The zero-order valence-corrected chi connectivity index (χ0v) is 11.6. The van der Waals surface area contributed by atoms with Crippen LogP contribution in [0.4, 0.5) is 5.69 Å². The summed E-state index contributed by atoms with van der Waals surface area (Å²) in [6.45, 7) is 0. The smallest absolute Gasteiger partial charge is 0.232 e. The Labute approximate surface area is 122 Å².